The molecule has 1 saturated heterocycles. The van der Waals surface area contributed by atoms with E-state index in [1.54, 1.807) is 0 Å². The molecular formula is C22H27N3O3. The van der Waals surface area contributed by atoms with E-state index in [0.29, 0.717) is 13.2 Å². The van der Waals surface area contributed by atoms with Crippen LogP contribution in [0.3, 0.4) is 0 Å². The Hall–Kier alpha value is -2.86. The first-order valence-corrected chi connectivity index (χ1v) is 9.52. The van der Waals surface area contributed by atoms with Gasteiger partial charge in [0.05, 0.1) is 24.6 Å². The molecule has 0 spiro atoms. The predicted molar refractivity (Wildman–Crippen MR) is 112 cm³/mol. The SMILES string of the molecule is CC(=O)N(CC(=O)Nc1cc(C)ccc1C)c1ccccc1N1CCOCC1. The Morgan fingerprint density at radius 1 is 1.11 bits per heavy atom. The van der Waals surface area contributed by atoms with Gasteiger partial charge in [0.15, 0.2) is 0 Å². The smallest absolute Gasteiger partial charge is 0.244 e. The third-order valence-corrected chi connectivity index (χ3v) is 4.87. The van der Waals surface area contributed by atoms with Gasteiger partial charge >= 0.3 is 0 Å². The van der Waals surface area contributed by atoms with E-state index >= 15 is 0 Å². The number of carbonyl (C=O) groups is 2. The summed E-state index contributed by atoms with van der Waals surface area (Å²) in [6, 6.07) is 13.6. The second-order valence-electron chi connectivity index (χ2n) is 7.06. The monoisotopic (exact) mass is 381 g/mol. The Bertz CT molecular complexity index is 860. The van der Waals surface area contributed by atoms with Crippen molar-refractivity contribution in [2.24, 2.45) is 0 Å². The number of morpholine rings is 1. The van der Waals surface area contributed by atoms with Crippen molar-refractivity contribution >= 4 is 28.9 Å². The quantitative estimate of drug-likeness (QED) is 0.864. The van der Waals surface area contributed by atoms with E-state index in [1.807, 2.05) is 56.3 Å². The molecule has 1 aliphatic heterocycles. The average Bonchev–Trinajstić information content (AvgIpc) is 2.69. The van der Waals surface area contributed by atoms with Crippen LogP contribution in [0.4, 0.5) is 17.1 Å². The van der Waals surface area contributed by atoms with Gasteiger partial charge in [0.1, 0.15) is 6.54 Å². The summed E-state index contributed by atoms with van der Waals surface area (Å²) in [6.45, 7) is 8.21. The largest absolute Gasteiger partial charge is 0.378 e. The van der Waals surface area contributed by atoms with Gasteiger partial charge in [0.2, 0.25) is 11.8 Å². The molecule has 1 N–H and O–H groups in total. The molecular weight excluding hydrogens is 354 g/mol. The fraction of sp³-hybridized carbons (Fsp3) is 0.364. The van der Waals surface area contributed by atoms with Crippen molar-refractivity contribution < 1.29 is 14.3 Å². The van der Waals surface area contributed by atoms with Gasteiger partial charge in [-0.2, -0.15) is 0 Å². The summed E-state index contributed by atoms with van der Waals surface area (Å²) in [5.41, 5.74) is 4.52. The first-order valence-electron chi connectivity index (χ1n) is 9.52. The zero-order valence-electron chi connectivity index (χ0n) is 16.7. The van der Waals surface area contributed by atoms with Crippen molar-refractivity contribution in [3.63, 3.8) is 0 Å². The van der Waals surface area contributed by atoms with E-state index in [0.717, 1.165) is 41.3 Å². The number of para-hydroxylation sites is 2. The molecule has 0 aromatic heterocycles. The minimum atomic E-state index is -0.222. The third-order valence-electron chi connectivity index (χ3n) is 4.87. The van der Waals surface area contributed by atoms with Crippen LogP contribution in [0.15, 0.2) is 42.5 Å². The molecule has 1 aliphatic rings. The number of carbonyl (C=O) groups excluding carboxylic acids is 2. The van der Waals surface area contributed by atoms with Gasteiger partial charge < -0.3 is 19.9 Å². The molecule has 0 saturated carbocycles. The number of hydrogen-bond donors (Lipinski definition) is 1. The number of hydrogen-bond acceptors (Lipinski definition) is 4. The fourth-order valence-electron chi connectivity index (χ4n) is 3.33. The summed E-state index contributed by atoms with van der Waals surface area (Å²) in [6.07, 6.45) is 0. The molecule has 1 heterocycles. The number of anilines is 3. The predicted octanol–water partition coefficient (Wildman–Crippen LogP) is 3.13. The number of benzene rings is 2. The Morgan fingerprint density at radius 2 is 1.82 bits per heavy atom. The zero-order chi connectivity index (χ0) is 20.1. The standard InChI is InChI=1S/C22H27N3O3/c1-16-8-9-17(2)19(14-16)23-22(27)15-25(18(3)26)21-7-5-4-6-20(21)24-10-12-28-13-11-24/h4-9,14H,10-13,15H2,1-3H3,(H,23,27). The van der Waals surface area contributed by atoms with E-state index in [9.17, 15) is 9.59 Å². The Balaban J connectivity index is 1.81. The molecule has 2 aromatic carbocycles. The van der Waals surface area contributed by atoms with E-state index in [-0.39, 0.29) is 18.4 Å². The number of nitrogens with zero attached hydrogens (tertiary/aromatic N) is 2. The van der Waals surface area contributed by atoms with Gasteiger partial charge in [-0.25, -0.2) is 0 Å². The van der Waals surface area contributed by atoms with Crippen LogP contribution in [-0.2, 0) is 14.3 Å². The summed E-state index contributed by atoms with van der Waals surface area (Å²) in [5, 5.41) is 2.94. The lowest BCUT2D eigenvalue weighted by molar-refractivity contribution is -0.120. The van der Waals surface area contributed by atoms with E-state index in [4.69, 9.17) is 4.74 Å². The maximum Gasteiger partial charge on any atom is 0.244 e. The molecule has 6 heteroatoms. The molecule has 0 radical (unpaired) electrons. The summed E-state index contributed by atoms with van der Waals surface area (Å²) in [7, 11) is 0. The van der Waals surface area contributed by atoms with Gasteiger partial charge in [-0.3, -0.25) is 9.59 Å². The van der Waals surface area contributed by atoms with Gasteiger partial charge in [-0.05, 0) is 43.2 Å². The van der Waals surface area contributed by atoms with Crippen LogP contribution < -0.4 is 15.1 Å². The number of nitrogens with one attached hydrogen (secondary N) is 1. The lowest BCUT2D eigenvalue weighted by Crippen LogP contribution is -2.40. The van der Waals surface area contributed by atoms with E-state index in [1.165, 1.54) is 11.8 Å². The highest BCUT2D eigenvalue weighted by Crippen LogP contribution is 2.30. The van der Waals surface area contributed by atoms with Crippen LogP contribution in [-0.4, -0.2) is 44.7 Å². The van der Waals surface area contributed by atoms with Crippen LogP contribution in [0, 0.1) is 13.8 Å². The van der Waals surface area contributed by atoms with Crippen molar-refractivity contribution in [2.75, 3.05) is 48.0 Å². The summed E-state index contributed by atoms with van der Waals surface area (Å²) in [5.74, 6) is -0.391. The van der Waals surface area contributed by atoms with Gasteiger partial charge in [-0.1, -0.05) is 24.3 Å². The number of ether oxygens (including phenoxy) is 1. The van der Waals surface area contributed by atoms with Crippen LogP contribution in [0.25, 0.3) is 0 Å². The zero-order valence-corrected chi connectivity index (χ0v) is 16.7. The van der Waals surface area contributed by atoms with Gasteiger partial charge in [0.25, 0.3) is 0 Å². The lowest BCUT2D eigenvalue weighted by Gasteiger charge is -2.33. The molecule has 1 fully saturated rings. The molecule has 0 atom stereocenters. The van der Waals surface area contributed by atoms with Gasteiger partial charge in [-0.15, -0.1) is 0 Å². The summed E-state index contributed by atoms with van der Waals surface area (Å²) in [4.78, 5) is 28.8. The minimum absolute atomic E-state index is 0.0376. The molecule has 148 valence electrons. The second-order valence-corrected chi connectivity index (χ2v) is 7.06. The molecule has 3 rings (SSSR count). The molecule has 2 aromatic rings. The Labute approximate surface area is 166 Å². The fourth-order valence-corrected chi connectivity index (χ4v) is 3.33. The van der Waals surface area contributed by atoms with Crippen molar-refractivity contribution in [1.82, 2.24) is 0 Å². The Kier molecular flexibility index (Phi) is 6.31. The highest BCUT2D eigenvalue weighted by molar-refractivity contribution is 6.03. The van der Waals surface area contributed by atoms with Crippen molar-refractivity contribution in [3.8, 4) is 0 Å². The number of aryl methyl sites for hydroxylation is 2. The van der Waals surface area contributed by atoms with Crippen LogP contribution in [0.1, 0.15) is 18.1 Å². The lowest BCUT2D eigenvalue weighted by atomic mass is 10.1. The number of rotatable bonds is 5. The first-order chi connectivity index (χ1) is 13.5. The summed E-state index contributed by atoms with van der Waals surface area (Å²) < 4.78 is 5.43. The minimum Gasteiger partial charge on any atom is -0.378 e. The molecule has 6 nitrogen and oxygen atoms in total. The molecule has 28 heavy (non-hydrogen) atoms. The maximum absolute atomic E-state index is 12.7. The first kappa shape index (κ1) is 19.9. The van der Waals surface area contributed by atoms with Crippen molar-refractivity contribution in [1.29, 1.82) is 0 Å². The van der Waals surface area contributed by atoms with Crippen LogP contribution in [0.2, 0.25) is 0 Å². The third kappa shape index (κ3) is 4.70. The van der Waals surface area contributed by atoms with E-state index in [2.05, 4.69) is 10.2 Å². The average molecular weight is 381 g/mol. The Morgan fingerprint density at radius 3 is 2.54 bits per heavy atom. The number of amides is 2. The van der Waals surface area contributed by atoms with Crippen LogP contribution in [0.5, 0.6) is 0 Å². The van der Waals surface area contributed by atoms with Gasteiger partial charge in [0, 0.05) is 25.7 Å². The molecule has 0 bridgehead atoms. The topological polar surface area (TPSA) is 61.9 Å². The van der Waals surface area contributed by atoms with Crippen LogP contribution >= 0.6 is 0 Å². The maximum atomic E-state index is 12.7. The highest BCUT2D eigenvalue weighted by atomic mass is 16.5. The normalized spacial score (nSPS) is 13.9. The molecule has 2 amide bonds. The molecule has 0 aliphatic carbocycles. The van der Waals surface area contributed by atoms with E-state index < -0.39 is 0 Å². The van der Waals surface area contributed by atoms with Crippen molar-refractivity contribution in [2.45, 2.75) is 20.8 Å². The van der Waals surface area contributed by atoms with Crippen molar-refractivity contribution in [3.05, 3.63) is 53.6 Å². The summed E-state index contributed by atoms with van der Waals surface area (Å²) >= 11 is 0. The second kappa shape index (κ2) is 8.89. The molecule has 0 unspecified atom stereocenters. The highest BCUT2D eigenvalue weighted by Gasteiger charge is 2.22.